The Morgan fingerprint density at radius 2 is 1.96 bits per heavy atom. The number of likely N-dealkylation sites (N-methyl/N-ethyl adjacent to an activating group) is 1. The predicted molar refractivity (Wildman–Crippen MR) is 107 cm³/mol. The molecule has 2 rings (SSSR count). The zero-order valence-electron chi connectivity index (χ0n) is 15.4. The zero-order chi connectivity index (χ0) is 20.3. The Bertz CT molecular complexity index is 904. The van der Waals surface area contributed by atoms with E-state index in [4.69, 9.17) is 38.9 Å². The molecule has 0 radical (unpaired) electrons. The van der Waals surface area contributed by atoms with Crippen molar-refractivity contribution in [2.45, 2.75) is 19.8 Å². The number of amidine groups is 1. The largest absolute Gasteiger partial charge is 0.434 e. The lowest BCUT2D eigenvalue weighted by molar-refractivity contribution is 0.317. The molecule has 27 heavy (non-hydrogen) atoms. The van der Waals surface area contributed by atoms with Gasteiger partial charge in [-0.15, -0.1) is 5.10 Å². The third-order valence-electron chi connectivity index (χ3n) is 3.85. The van der Waals surface area contributed by atoms with Crippen LogP contribution in [0, 0.1) is 0 Å². The van der Waals surface area contributed by atoms with Crippen LogP contribution in [0.5, 0.6) is 11.6 Å². The number of rotatable bonds is 6. The minimum atomic E-state index is -0.186. The highest BCUT2D eigenvalue weighted by Gasteiger charge is 2.16. The maximum absolute atomic E-state index is 12.1. The molecule has 0 unspecified atom stereocenters. The average Bonchev–Trinajstić information content (AvgIpc) is 2.60. The number of aromatic nitrogens is 2. The molecule has 1 heterocycles. The quantitative estimate of drug-likeness (QED) is 0.326. The van der Waals surface area contributed by atoms with Gasteiger partial charge in [0.15, 0.2) is 11.6 Å². The van der Waals surface area contributed by atoms with Gasteiger partial charge in [0, 0.05) is 31.4 Å². The molecule has 0 aliphatic carbocycles. The van der Waals surface area contributed by atoms with Gasteiger partial charge >= 0.3 is 0 Å². The smallest absolute Gasteiger partial charge is 0.270 e. The first kappa shape index (κ1) is 20.9. The molecule has 10 heteroatoms. The lowest BCUT2D eigenvalue weighted by Crippen LogP contribution is -2.30. The second kappa shape index (κ2) is 8.49. The van der Waals surface area contributed by atoms with E-state index in [0.717, 1.165) is 0 Å². The molecule has 3 N–H and O–H groups in total. The molecule has 0 saturated carbocycles. The van der Waals surface area contributed by atoms with Gasteiger partial charge in [0.25, 0.3) is 5.56 Å². The first-order valence-electron chi connectivity index (χ1n) is 8.06. The molecule has 0 fully saturated rings. The first-order valence-corrected chi connectivity index (χ1v) is 8.82. The molecular weight excluding hydrogens is 393 g/mol. The van der Waals surface area contributed by atoms with Gasteiger partial charge in [-0.2, -0.15) is 0 Å². The van der Waals surface area contributed by atoms with Crippen LogP contribution in [0.25, 0.3) is 0 Å². The molecule has 0 bridgehead atoms. The SMILES string of the molecule is CC(C)c1cc(Oc2c(Cl)cc(N(C)C/C(N)=N\O)cc2Cl)nn(C)c1=O. The van der Waals surface area contributed by atoms with E-state index in [-0.39, 0.29) is 45.5 Å². The van der Waals surface area contributed by atoms with Crippen LogP contribution in [0.1, 0.15) is 25.3 Å². The third kappa shape index (κ3) is 4.84. The van der Waals surface area contributed by atoms with Crippen LogP contribution in [0.3, 0.4) is 0 Å². The van der Waals surface area contributed by atoms with Crippen LogP contribution < -0.4 is 20.9 Å². The number of benzene rings is 1. The van der Waals surface area contributed by atoms with E-state index < -0.39 is 0 Å². The average molecular weight is 414 g/mol. The number of nitrogens with zero attached hydrogens (tertiary/aromatic N) is 4. The van der Waals surface area contributed by atoms with Gasteiger partial charge in [-0.3, -0.25) is 4.79 Å². The Labute approximate surface area is 166 Å². The summed E-state index contributed by atoms with van der Waals surface area (Å²) in [6.07, 6.45) is 0. The standard InChI is InChI=1S/C17H21Cl2N5O3/c1-9(2)11-7-15(21-24(4)17(11)25)27-16-12(18)5-10(6-13(16)19)23(3)8-14(20)22-26/h5-7,9,26H,8H2,1-4H3,(H2,20,22). The number of halogens is 2. The zero-order valence-corrected chi connectivity index (χ0v) is 16.9. The summed E-state index contributed by atoms with van der Waals surface area (Å²) in [5.74, 6) is 0.484. The van der Waals surface area contributed by atoms with E-state index in [1.807, 2.05) is 13.8 Å². The van der Waals surface area contributed by atoms with E-state index >= 15 is 0 Å². The van der Waals surface area contributed by atoms with Gasteiger partial charge in [-0.1, -0.05) is 42.2 Å². The van der Waals surface area contributed by atoms with Crippen LogP contribution in [-0.4, -0.2) is 34.4 Å². The molecule has 1 aromatic carbocycles. The summed E-state index contributed by atoms with van der Waals surface area (Å²) in [4.78, 5) is 13.8. The summed E-state index contributed by atoms with van der Waals surface area (Å²) in [6.45, 7) is 4.00. The molecule has 8 nitrogen and oxygen atoms in total. The van der Waals surface area contributed by atoms with Crippen molar-refractivity contribution in [1.82, 2.24) is 9.78 Å². The normalized spacial score (nSPS) is 11.7. The number of hydrogen-bond donors (Lipinski definition) is 2. The molecule has 0 atom stereocenters. The summed E-state index contributed by atoms with van der Waals surface area (Å²) < 4.78 is 6.98. The molecule has 0 aliphatic rings. The maximum Gasteiger partial charge on any atom is 0.270 e. The van der Waals surface area contributed by atoms with E-state index in [0.29, 0.717) is 11.3 Å². The second-order valence-electron chi connectivity index (χ2n) is 6.31. The Morgan fingerprint density at radius 3 is 2.48 bits per heavy atom. The van der Waals surface area contributed by atoms with Crippen molar-refractivity contribution in [3.05, 3.63) is 44.2 Å². The van der Waals surface area contributed by atoms with Crippen LogP contribution in [0.2, 0.25) is 10.0 Å². The lowest BCUT2D eigenvalue weighted by Gasteiger charge is -2.20. The number of nitrogens with two attached hydrogens (primary N) is 1. The predicted octanol–water partition coefficient (Wildman–Crippen LogP) is 3.19. The minimum absolute atomic E-state index is 0.00895. The Hall–Kier alpha value is -2.45. The van der Waals surface area contributed by atoms with Crippen LogP contribution in [0.15, 0.2) is 28.1 Å². The van der Waals surface area contributed by atoms with E-state index in [9.17, 15) is 4.79 Å². The van der Waals surface area contributed by atoms with Gasteiger partial charge in [0.1, 0.15) is 0 Å². The van der Waals surface area contributed by atoms with Gasteiger partial charge in [-0.05, 0) is 18.1 Å². The number of ether oxygens (including phenoxy) is 1. The molecule has 146 valence electrons. The third-order valence-corrected chi connectivity index (χ3v) is 4.41. The van der Waals surface area contributed by atoms with Crippen LogP contribution in [0.4, 0.5) is 5.69 Å². The van der Waals surface area contributed by atoms with Crippen molar-refractivity contribution in [2.75, 3.05) is 18.5 Å². The highest BCUT2D eigenvalue weighted by atomic mass is 35.5. The molecule has 0 spiro atoms. The van der Waals surface area contributed by atoms with E-state index in [1.165, 1.54) is 4.68 Å². The molecule has 1 aromatic heterocycles. The molecular formula is C17H21Cl2N5O3. The van der Waals surface area contributed by atoms with Crippen molar-refractivity contribution < 1.29 is 9.94 Å². The summed E-state index contributed by atoms with van der Waals surface area (Å²) in [5, 5.41) is 16.2. The Balaban J connectivity index is 2.37. The van der Waals surface area contributed by atoms with E-state index in [2.05, 4.69) is 10.3 Å². The Morgan fingerprint density at radius 1 is 1.37 bits per heavy atom. The number of anilines is 1. The monoisotopic (exact) mass is 413 g/mol. The van der Waals surface area contributed by atoms with Crippen molar-refractivity contribution in [3.8, 4) is 11.6 Å². The fourth-order valence-electron chi connectivity index (χ4n) is 2.40. The van der Waals surface area contributed by atoms with Gasteiger partial charge in [-0.25, -0.2) is 4.68 Å². The number of oxime groups is 1. The maximum atomic E-state index is 12.1. The molecule has 2 aromatic rings. The van der Waals surface area contributed by atoms with Crippen molar-refractivity contribution >= 4 is 34.7 Å². The fraction of sp³-hybridized carbons (Fsp3) is 0.353. The van der Waals surface area contributed by atoms with Gasteiger partial charge in [0.05, 0.1) is 16.6 Å². The number of aryl methyl sites for hydroxylation is 1. The fourth-order valence-corrected chi connectivity index (χ4v) is 2.95. The Kier molecular flexibility index (Phi) is 6.56. The summed E-state index contributed by atoms with van der Waals surface area (Å²) >= 11 is 12.7. The van der Waals surface area contributed by atoms with E-state index in [1.54, 1.807) is 37.2 Å². The highest BCUT2D eigenvalue weighted by molar-refractivity contribution is 6.37. The van der Waals surface area contributed by atoms with Gasteiger partial charge < -0.3 is 20.6 Å². The highest BCUT2D eigenvalue weighted by Crippen LogP contribution is 2.39. The van der Waals surface area contributed by atoms with Crippen molar-refractivity contribution in [2.24, 2.45) is 17.9 Å². The first-order chi connectivity index (χ1) is 12.6. The van der Waals surface area contributed by atoms with Gasteiger partial charge in [0.2, 0.25) is 5.88 Å². The van der Waals surface area contributed by atoms with Crippen LogP contribution >= 0.6 is 23.2 Å². The summed E-state index contributed by atoms with van der Waals surface area (Å²) in [7, 11) is 3.29. The second-order valence-corrected chi connectivity index (χ2v) is 7.12. The van der Waals surface area contributed by atoms with Crippen LogP contribution in [-0.2, 0) is 7.05 Å². The van der Waals surface area contributed by atoms with Crippen molar-refractivity contribution in [3.63, 3.8) is 0 Å². The molecule has 0 saturated heterocycles. The topological polar surface area (TPSA) is 106 Å². The lowest BCUT2D eigenvalue weighted by atomic mass is 10.1. The number of hydrogen-bond acceptors (Lipinski definition) is 6. The summed E-state index contributed by atoms with van der Waals surface area (Å²) in [5.41, 5.74) is 6.56. The molecule has 0 amide bonds. The van der Waals surface area contributed by atoms with Crippen molar-refractivity contribution in [1.29, 1.82) is 0 Å². The minimum Gasteiger partial charge on any atom is -0.434 e. The summed E-state index contributed by atoms with van der Waals surface area (Å²) in [6, 6.07) is 4.86. The molecule has 0 aliphatic heterocycles.